The minimum absolute atomic E-state index is 0.156. The summed E-state index contributed by atoms with van der Waals surface area (Å²) in [4.78, 5) is 21.6. The monoisotopic (exact) mass is 294 g/mol. The first kappa shape index (κ1) is 19.2. The molecule has 4 heteroatoms. The summed E-state index contributed by atoms with van der Waals surface area (Å²) in [5, 5.41) is 0. The Bertz CT molecular complexity index is 390. The normalized spacial score (nSPS) is 14.2. The summed E-state index contributed by atoms with van der Waals surface area (Å²) in [6.45, 7) is 13.9. The summed E-state index contributed by atoms with van der Waals surface area (Å²) < 4.78 is 9.81. The van der Waals surface area contributed by atoms with Gasteiger partial charge in [-0.15, -0.1) is 0 Å². The lowest BCUT2D eigenvalue weighted by molar-refractivity contribution is -0.145. The molecule has 1 rings (SSSR count). The van der Waals surface area contributed by atoms with Crippen LogP contribution in [0.4, 0.5) is 0 Å². The van der Waals surface area contributed by atoms with Crippen molar-refractivity contribution in [1.82, 2.24) is 0 Å². The van der Waals surface area contributed by atoms with Crippen molar-refractivity contribution < 1.29 is 19.1 Å². The Balaban J connectivity index is 0.000000400. The Kier molecular flexibility index (Phi) is 9.94. The zero-order chi connectivity index (χ0) is 16.3. The molecular weight excluding hydrogens is 268 g/mol. The largest absolute Gasteiger partial charge is 0.459 e. The van der Waals surface area contributed by atoms with Crippen molar-refractivity contribution in [2.24, 2.45) is 0 Å². The summed E-state index contributed by atoms with van der Waals surface area (Å²) in [5.74, 6) is -0.600. The van der Waals surface area contributed by atoms with Crippen molar-refractivity contribution in [3.63, 3.8) is 0 Å². The standard InChI is InChI=1S/C10H16O2.C7H10O2/c1-8(2)10(11)12-9-6-4-3-5-7-9;1-4-5-9-7(8)6(2)3/h9H,1,3-7H2,2H3;4H,1-2,5H2,3H3. The van der Waals surface area contributed by atoms with Gasteiger partial charge >= 0.3 is 11.9 Å². The third-order valence-corrected chi connectivity index (χ3v) is 2.86. The van der Waals surface area contributed by atoms with Crippen LogP contribution in [0.15, 0.2) is 37.0 Å². The second-order valence-corrected chi connectivity index (χ2v) is 5.11. The summed E-state index contributed by atoms with van der Waals surface area (Å²) >= 11 is 0. The molecule has 0 aromatic carbocycles. The highest BCUT2D eigenvalue weighted by atomic mass is 16.5. The van der Waals surface area contributed by atoms with E-state index in [1.807, 2.05) is 0 Å². The summed E-state index contributed by atoms with van der Waals surface area (Å²) in [6.07, 6.45) is 7.38. The number of ether oxygens (including phenoxy) is 2. The molecule has 1 aliphatic carbocycles. The lowest BCUT2D eigenvalue weighted by Gasteiger charge is -2.21. The first-order chi connectivity index (χ1) is 9.88. The molecule has 1 saturated carbocycles. The average molecular weight is 294 g/mol. The van der Waals surface area contributed by atoms with Gasteiger partial charge in [0.25, 0.3) is 0 Å². The fourth-order valence-electron chi connectivity index (χ4n) is 1.69. The van der Waals surface area contributed by atoms with E-state index in [0.717, 1.165) is 12.8 Å². The second-order valence-electron chi connectivity index (χ2n) is 5.11. The molecule has 0 N–H and O–H groups in total. The van der Waals surface area contributed by atoms with E-state index < -0.39 is 0 Å². The topological polar surface area (TPSA) is 52.6 Å². The van der Waals surface area contributed by atoms with E-state index in [1.165, 1.54) is 25.3 Å². The Hall–Kier alpha value is -1.84. The van der Waals surface area contributed by atoms with Gasteiger partial charge in [0.05, 0.1) is 0 Å². The minimum Gasteiger partial charge on any atom is -0.459 e. The van der Waals surface area contributed by atoms with Gasteiger partial charge in [-0.1, -0.05) is 32.2 Å². The van der Waals surface area contributed by atoms with Crippen LogP contribution >= 0.6 is 0 Å². The third kappa shape index (κ3) is 9.66. The lowest BCUT2D eigenvalue weighted by Crippen LogP contribution is -2.20. The van der Waals surface area contributed by atoms with Crippen molar-refractivity contribution in [2.75, 3.05) is 6.61 Å². The van der Waals surface area contributed by atoms with Crippen LogP contribution in [0.3, 0.4) is 0 Å². The SMILES string of the molecule is C=C(C)C(=O)OC1CCCCC1.C=CCOC(=O)C(=C)C. The number of rotatable bonds is 5. The van der Waals surface area contributed by atoms with Gasteiger partial charge in [0.15, 0.2) is 0 Å². The van der Waals surface area contributed by atoms with Gasteiger partial charge < -0.3 is 9.47 Å². The second kappa shape index (κ2) is 10.9. The van der Waals surface area contributed by atoms with Crippen LogP contribution in [0.25, 0.3) is 0 Å². The molecule has 21 heavy (non-hydrogen) atoms. The number of esters is 2. The molecule has 0 aliphatic heterocycles. The van der Waals surface area contributed by atoms with Gasteiger partial charge in [-0.05, 0) is 39.5 Å². The summed E-state index contributed by atoms with van der Waals surface area (Å²) in [6, 6.07) is 0. The van der Waals surface area contributed by atoms with Gasteiger partial charge in [0, 0.05) is 11.1 Å². The molecule has 0 bridgehead atoms. The lowest BCUT2D eigenvalue weighted by atomic mass is 9.98. The van der Waals surface area contributed by atoms with Crippen molar-refractivity contribution >= 4 is 11.9 Å². The third-order valence-electron chi connectivity index (χ3n) is 2.86. The average Bonchev–Trinajstić information content (AvgIpc) is 2.46. The van der Waals surface area contributed by atoms with Gasteiger partial charge in [0.2, 0.25) is 0 Å². The van der Waals surface area contributed by atoms with Crippen LogP contribution in [0.1, 0.15) is 46.0 Å². The van der Waals surface area contributed by atoms with Gasteiger partial charge in [-0.25, -0.2) is 9.59 Å². The fraction of sp³-hybridized carbons (Fsp3) is 0.529. The smallest absolute Gasteiger partial charge is 0.333 e. The van der Waals surface area contributed by atoms with Crippen LogP contribution in [0, 0.1) is 0 Å². The van der Waals surface area contributed by atoms with E-state index in [1.54, 1.807) is 13.8 Å². The fourth-order valence-corrected chi connectivity index (χ4v) is 1.69. The first-order valence-corrected chi connectivity index (χ1v) is 7.18. The van der Waals surface area contributed by atoms with Crippen LogP contribution < -0.4 is 0 Å². The highest BCUT2D eigenvalue weighted by Crippen LogP contribution is 2.20. The molecule has 118 valence electrons. The molecule has 0 unspecified atom stereocenters. The van der Waals surface area contributed by atoms with Gasteiger partial charge in [-0.2, -0.15) is 0 Å². The number of hydrogen-bond acceptors (Lipinski definition) is 4. The van der Waals surface area contributed by atoms with Crippen LogP contribution in [-0.4, -0.2) is 24.6 Å². The van der Waals surface area contributed by atoms with Crippen molar-refractivity contribution in [1.29, 1.82) is 0 Å². The maximum absolute atomic E-state index is 11.1. The molecule has 0 radical (unpaired) electrons. The molecule has 0 spiro atoms. The molecule has 0 aromatic heterocycles. The van der Waals surface area contributed by atoms with Crippen molar-refractivity contribution in [3.05, 3.63) is 37.0 Å². The highest BCUT2D eigenvalue weighted by molar-refractivity contribution is 5.87. The Labute approximate surface area is 127 Å². The molecule has 0 heterocycles. The number of carbonyl (C=O) groups is 2. The van der Waals surface area contributed by atoms with Crippen molar-refractivity contribution in [2.45, 2.75) is 52.1 Å². The molecule has 0 amide bonds. The molecular formula is C17H26O4. The summed E-state index contributed by atoms with van der Waals surface area (Å²) in [5.41, 5.74) is 0.914. The Morgan fingerprint density at radius 1 is 1.05 bits per heavy atom. The number of hydrogen-bond donors (Lipinski definition) is 0. The van der Waals surface area contributed by atoms with Crippen LogP contribution in [0.5, 0.6) is 0 Å². The number of carbonyl (C=O) groups excluding carboxylic acids is 2. The van der Waals surface area contributed by atoms with E-state index in [9.17, 15) is 9.59 Å². The quantitative estimate of drug-likeness (QED) is 0.440. The molecule has 1 aliphatic rings. The molecule has 0 saturated heterocycles. The zero-order valence-electron chi connectivity index (χ0n) is 13.2. The minimum atomic E-state index is -0.366. The van der Waals surface area contributed by atoms with E-state index in [2.05, 4.69) is 24.5 Å². The van der Waals surface area contributed by atoms with Crippen LogP contribution in [-0.2, 0) is 19.1 Å². The zero-order valence-corrected chi connectivity index (χ0v) is 13.2. The molecule has 4 nitrogen and oxygen atoms in total. The Morgan fingerprint density at radius 3 is 2.00 bits per heavy atom. The molecule has 0 aromatic rings. The first-order valence-electron chi connectivity index (χ1n) is 7.18. The van der Waals surface area contributed by atoms with E-state index in [4.69, 9.17) is 4.74 Å². The van der Waals surface area contributed by atoms with Gasteiger partial charge in [0.1, 0.15) is 12.7 Å². The highest BCUT2D eigenvalue weighted by Gasteiger charge is 2.17. The van der Waals surface area contributed by atoms with Crippen LogP contribution in [0.2, 0.25) is 0 Å². The Morgan fingerprint density at radius 2 is 1.57 bits per heavy atom. The maximum atomic E-state index is 11.1. The summed E-state index contributed by atoms with van der Waals surface area (Å²) in [7, 11) is 0. The van der Waals surface area contributed by atoms with E-state index in [-0.39, 0.29) is 24.6 Å². The van der Waals surface area contributed by atoms with Gasteiger partial charge in [-0.3, -0.25) is 0 Å². The maximum Gasteiger partial charge on any atom is 0.333 e. The van der Waals surface area contributed by atoms with Crippen molar-refractivity contribution in [3.8, 4) is 0 Å². The predicted molar refractivity (Wildman–Crippen MR) is 83.7 cm³/mol. The van der Waals surface area contributed by atoms with E-state index in [0.29, 0.717) is 11.1 Å². The van der Waals surface area contributed by atoms with E-state index >= 15 is 0 Å². The predicted octanol–water partition coefficient (Wildman–Crippen LogP) is 3.73. The molecule has 0 atom stereocenters. The molecule has 1 fully saturated rings.